The van der Waals surface area contributed by atoms with E-state index in [4.69, 9.17) is 21.8 Å². The maximum absolute atomic E-state index is 11.8. The van der Waals surface area contributed by atoms with Crippen molar-refractivity contribution in [2.75, 3.05) is 13.2 Å². The third kappa shape index (κ3) is 3.79. The summed E-state index contributed by atoms with van der Waals surface area (Å²) < 4.78 is 15.4. The Morgan fingerprint density at radius 2 is 2.28 bits per heavy atom. The molecule has 0 saturated carbocycles. The molecule has 18 heavy (non-hydrogen) atoms. The van der Waals surface area contributed by atoms with Gasteiger partial charge in [0.05, 0.1) is 21.1 Å². The molecule has 1 rings (SSSR count). The van der Waals surface area contributed by atoms with Crippen LogP contribution in [0.4, 0.5) is 0 Å². The zero-order chi connectivity index (χ0) is 13.5. The van der Waals surface area contributed by atoms with Crippen LogP contribution in [-0.2, 0) is 9.53 Å². The Labute approximate surface area is 108 Å². The number of ether oxygens (including phenoxy) is 2. The van der Waals surface area contributed by atoms with Gasteiger partial charge in [0.15, 0.2) is 5.76 Å². The summed E-state index contributed by atoms with van der Waals surface area (Å²) in [7, 11) is 5.32. The molecule has 0 N–H and O–H groups in total. The molecule has 6 heteroatoms. The lowest BCUT2D eigenvalue weighted by molar-refractivity contribution is -0.146. The van der Waals surface area contributed by atoms with Gasteiger partial charge in [-0.1, -0.05) is 20.2 Å². The van der Waals surface area contributed by atoms with E-state index in [2.05, 4.69) is 5.16 Å². The van der Waals surface area contributed by atoms with Crippen molar-refractivity contribution in [3.05, 3.63) is 11.8 Å². The van der Waals surface area contributed by atoms with Gasteiger partial charge in [-0.15, -0.1) is 0 Å². The lowest BCUT2D eigenvalue weighted by Crippen LogP contribution is -2.20. The van der Waals surface area contributed by atoms with E-state index in [1.165, 1.54) is 0 Å². The zero-order valence-electron chi connectivity index (χ0n) is 11.0. The number of nitrogens with zero attached hydrogens (tertiary/aromatic N) is 1. The van der Waals surface area contributed by atoms with E-state index in [9.17, 15) is 4.79 Å². The predicted molar refractivity (Wildman–Crippen MR) is 66.8 cm³/mol. The molecule has 1 atom stereocenters. The number of hydrogen-bond donors (Lipinski definition) is 0. The van der Waals surface area contributed by atoms with Gasteiger partial charge in [-0.25, -0.2) is 0 Å². The molecule has 0 aliphatic carbocycles. The molecule has 1 aromatic rings. The largest absolute Gasteiger partial charge is 0.476 e. The topological polar surface area (TPSA) is 61.6 Å². The van der Waals surface area contributed by atoms with Crippen LogP contribution >= 0.6 is 0 Å². The Kier molecular flexibility index (Phi) is 5.75. The second-order valence-corrected chi connectivity index (χ2v) is 4.18. The van der Waals surface area contributed by atoms with Gasteiger partial charge in [-0.3, -0.25) is 4.79 Å². The van der Waals surface area contributed by atoms with E-state index in [1.54, 1.807) is 13.0 Å². The van der Waals surface area contributed by atoms with Crippen LogP contribution in [0.5, 0.6) is 5.88 Å². The summed E-state index contributed by atoms with van der Waals surface area (Å²) >= 11 is 0. The van der Waals surface area contributed by atoms with Crippen molar-refractivity contribution < 1.29 is 18.8 Å². The van der Waals surface area contributed by atoms with Crippen molar-refractivity contribution in [3.8, 4) is 5.88 Å². The van der Waals surface area contributed by atoms with Crippen LogP contribution in [0.2, 0.25) is 6.32 Å². The molecular formula is C12H18BNO4. The van der Waals surface area contributed by atoms with Gasteiger partial charge < -0.3 is 14.0 Å². The van der Waals surface area contributed by atoms with E-state index in [0.717, 1.165) is 0 Å². The molecule has 0 aliphatic heterocycles. The number of rotatable bonds is 7. The Balaban J connectivity index is 2.79. The van der Waals surface area contributed by atoms with Crippen LogP contribution in [0.1, 0.15) is 32.4 Å². The van der Waals surface area contributed by atoms with Gasteiger partial charge in [-0.05, 0) is 18.0 Å². The fourth-order valence-electron chi connectivity index (χ4n) is 1.60. The molecule has 0 amide bonds. The lowest BCUT2D eigenvalue weighted by Gasteiger charge is -2.15. The van der Waals surface area contributed by atoms with Crippen LogP contribution in [0.25, 0.3) is 0 Å². The van der Waals surface area contributed by atoms with Crippen molar-refractivity contribution in [1.29, 1.82) is 0 Å². The third-order valence-corrected chi connectivity index (χ3v) is 2.39. The fraction of sp³-hybridized carbons (Fsp3) is 0.667. The van der Waals surface area contributed by atoms with Crippen molar-refractivity contribution in [3.63, 3.8) is 0 Å². The SMILES string of the molecule is [B]CCOc1cc(C(C(=O)OCC)C(C)C)on1. The number of carbonyl (C=O) groups is 1. The monoisotopic (exact) mass is 251 g/mol. The normalized spacial score (nSPS) is 12.4. The standard InChI is InChI=1S/C12H18BNO4/c1-4-16-12(15)11(8(2)3)9-7-10(14-18-9)17-6-5-13/h7-8,11H,4-6H2,1-3H3. The van der Waals surface area contributed by atoms with Crippen LogP contribution in [0.15, 0.2) is 10.6 Å². The Bertz CT molecular complexity index is 378. The van der Waals surface area contributed by atoms with Gasteiger partial charge in [-0.2, -0.15) is 0 Å². The highest BCUT2D eigenvalue weighted by atomic mass is 16.5. The molecule has 0 spiro atoms. The van der Waals surface area contributed by atoms with Gasteiger partial charge in [0, 0.05) is 6.07 Å². The molecular weight excluding hydrogens is 233 g/mol. The summed E-state index contributed by atoms with van der Waals surface area (Å²) in [5.41, 5.74) is 0. The number of esters is 1. The first-order chi connectivity index (χ1) is 8.60. The minimum absolute atomic E-state index is 0.0550. The van der Waals surface area contributed by atoms with E-state index < -0.39 is 5.92 Å². The van der Waals surface area contributed by atoms with Crippen molar-refractivity contribution in [2.45, 2.75) is 33.0 Å². The second kappa shape index (κ2) is 7.08. The highest BCUT2D eigenvalue weighted by molar-refractivity contribution is 6.08. The molecule has 5 nitrogen and oxygen atoms in total. The van der Waals surface area contributed by atoms with Crippen LogP contribution in [0, 0.1) is 5.92 Å². The summed E-state index contributed by atoms with van der Waals surface area (Å²) in [5, 5.41) is 3.74. The summed E-state index contributed by atoms with van der Waals surface area (Å²) in [6.07, 6.45) is 0.397. The molecule has 1 unspecified atom stereocenters. The predicted octanol–water partition coefficient (Wildman–Crippen LogP) is 1.94. The number of hydrogen-bond acceptors (Lipinski definition) is 5. The second-order valence-electron chi connectivity index (χ2n) is 4.18. The molecule has 0 bridgehead atoms. The molecule has 98 valence electrons. The molecule has 0 saturated heterocycles. The molecule has 0 aliphatic rings. The lowest BCUT2D eigenvalue weighted by atomic mass is 9.93. The maximum atomic E-state index is 11.8. The van der Waals surface area contributed by atoms with Gasteiger partial charge in [0.1, 0.15) is 5.92 Å². The highest BCUT2D eigenvalue weighted by Crippen LogP contribution is 2.28. The minimum Gasteiger partial charge on any atom is -0.476 e. The average molecular weight is 251 g/mol. The van der Waals surface area contributed by atoms with Gasteiger partial charge in [0.25, 0.3) is 5.88 Å². The van der Waals surface area contributed by atoms with Gasteiger partial charge in [0.2, 0.25) is 0 Å². The van der Waals surface area contributed by atoms with Crippen LogP contribution < -0.4 is 4.74 Å². The third-order valence-electron chi connectivity index (χ3n) is 2.39. The Hall–Kier alpha value is -1.46. The first-order valence-corrected chi connectivity index (χ1v) is 6.06. The molecule has 0 aromatic carbocycles. The van der Waals surface area contributed by atoms with E-state index in [-0.39, 0.29) is 11.9 Å². The van der Waals surface area contributed by atoms with Crippen molar-refractivity contribution in [2.24, 2.45) is 5.92 Å². The summed E-state index contributed by atoms with van der Waals surface area (Å²) in [6, 6.07) is 1.61. The summed E-state index contributed by atoms with van der Waals surface area (Å²) in [4.78, 5) is 11.8. The Morgan fingerprint density at radius 3 is 2.83 bits per heavy atom. The van der Waals surface area contributed by atoms with Crippen molar-refractivity contribution in [1.82, 2.24) is 5.16 Å². The smallest absolute Gasteiger partial charge is 0.317 e. The van der Waals surface area contributed by atoms with Crippen molar-refractivity contribution >= 4 is 13.8 Å². The highest BCUT2D eigenvalue weighted by Gasteiger charge is 2.29. The zero-order valence-corrected chi connectivity index (χ0v) is 11.0. The van der Waals surface area contributed by atoms with E-state index in [0.29, 0.717) is 31.2 Å². The Morgan fingerprint density at radius 1 is 1.56 bits per heavy atom. The van der Waals surface area contributed by atoms with E-state index >= 15 is 0 Å². The van der Waals surface area contributed by atoms with E-state index in [1.807, 2.05) is 13.8 Å². The van der Waals surface area contributed by atoms with Crippen LogP contribution in [-0.4, -0.2) is 32.2 Å². The summed E-state index contributed by atoms with van der Waals surface area (Å²) in [6.45, 7) is 6.31. The summed E-state index contributed by atoms with van der Waals surface area (Å²) in [5.74, 6) is 0.0712. The number of carbonyl (C=O) groups excluding carboxylic acids is 1. The van der Waals surface area contributed by atoms with Crippen LogP contribution in [0.3, 0.4) is 0 Å². The molecule has 0 fully saturated rings. The molecule has 1 heterocycles. The first kappa shape index (κ1) is 14.6. The minimum atomic E-state index is -0.465. The fourth-order valence-corrected chi connectivity index (χ4v) is 1.60. The maximum Gasteiger partial charge on any atom is 0.317 e. The quantitative estimate of drug-likeness (QED) is 0.547. The molecule has 2 radical (unpaired) electrons. The molecule has 1 aromatic heterocycles. The first-order valence-electron chi connectivity index (χ1n) is 6.06. The number of aromatic nitrogens is 1. The van der Waals surface area contributed by atoms with Gasteiger partial charge >= 0.3 is 5.97 Å². The average Bonchev–Trinajstić information content (AvgIpc) is 2.75.